The highest BCUT2D eigenvalue weighted by molar-refractivity contribution is 6.08. The molecule has 0 aromatic heterocycles. The van der Waals surface area contributed by atoms with Crippen molar-refractivity contribution in [2.75, 3.05) is 11.9 Å². The molecule has 3 amide bonds. The lowest BCUT2D eigenvalue weighted by molar-refractivity contribution is -0.160. The maximum Gasteiger partial charge on any atom is 0.330 e. The summed E-state index contributed by atoms with van der Waals surface area (Å²) in [6, 6.07) is 24.2. The van der Waals surface area contributed by atoms with Gasteiger partial charge in [0.05, 0.1) is 11.8 Å². The van der Waals surface area contributed by atoms with Gasteiger partial charge < -0.3 is 14.8 Å². The molecule has 1 aliphatic heterocycles. The number of hydrogen-bond acceptors (Lipinski definition) is 6. The molecule has 3 aromatic rings. The molecule has 204 valence electrons. The third kappa shape index (κ3) is 5.09. The summed E-state index contributed by atoms with van der Waals surface area (Å²) >= 11 is 0. The molecular weight excluding hydrogens is 508 g/mol. The topological polar surface area (TPSA) is 102 Å². The summed E-state index contributed by atoms with van der Waals surface area (Å²) in [5.74, 6) is -0.800. The van der Waals surface area contributed by atoms with Gasteiger partial charge in [-0.2, -0.15) is 0 Å². The second-order valence-electron chi connectivity index (χ2n) is 10.7. The van der Waals surface area contributed by atoms with Gasteiger partial charge in [0.25, 0.3) is 5.91 Å². The Kier molecular flexibility index (Phi) is 7.07. The number of fused-ring (bicyclic) bond motifs is 5. The van der Waals surface area contributed by atoms with Gasteiger partial charge in [-0.3, -0.25) is 19.3 Å². The number of para-hydroxylation sites is 1. The predicted octanol–water partition coefficient (Wildman–Crippen LogP) is 4.60. The van der Waals surface area contributed by atoms with E-state index in [-0.39, 0.29) is 41.9 Å². The number of ether oxygens (including phenoxy) is 2. The van der Waals surface area contributed by atoms with E-state index < -0.39 is 24.5 Å². The average molecular weight is 539 g/mol. The zero-order chi connectivity index (χ0) is 27.6. The van der Waals surface area contributed by atoms with E-state index in [4.69, 9.17) is 9.47 Å². The van der Waals surface area contributed by atoms with Gasteiger partial charge in [0.15, 0.2) is 6.61 Å². The number of likely N-dealkylation sites (tertiary alicyclic amines) is 1. The highest BCUT2D eigenvalue weighted by Gasteiger charge is 2.62. The SMILES string of the molecule is O=C(COC(=O)[C@@H](Cc1ccccc1)N1C(=O)[C@@H]2[C@H]3CC[C@@H](C3)[C@@H]2C1=O)Nc1ccc(Oc2ccccc2)cc1. The van der Waals surface area contributed by atoms with Crippen LogP contribution >= 0.6 is 0 Å². The van der Waals surface area contributed by atoms with Crippen LogP contribution in [0.2, 0.25) is 0 Å². The smallest absolute Gasteiger partial charge is 0.330 e. The fraction of sp³-hybridized carbons (Fsp3) is 0.312. The van der Waals surface area contributed by atoms with Crippen LogP contribution in [-0.4, -0.2) is 41.2 Å². The van der Waals surface area contributed by atoms with Crippen LogP contribution in [0.15, 0.2) is 84.9 Å². The van der Waals surface area contributed by atoms with Gasteiger partial charge in [-0.15, -0.1) is 0 Å². The van der Waals surface area contributed by atoms with Crippen molar-refractivity contribution in [2.45, 2.75) is 31.7 Å². The van der Waals surface area contributed by atoms with Crippen molar-refractivity contribution >= 4 is 29.4 Å². The zero-order valence-electron chi connectivity index (χ0n) is 21.9. The van der Waals surface area contributed by atoms with E-state index in [1.54, 1.807) is 24.3 Å². The maximum absolute atomic E-state index is 13.5. The first-order chi connectivity index (χ1) is 19.5. The van der Waals surface area contributed by atoms with Crippen LogP contribution in [-0.2, 0) is 30.3 Å². The molecule has 8 heteroatoms. The Morgan fingerprint density at radius 2 is 1.38 bits per heavy atom. The zero-order valence-corrected chi connectivity index (χ0v) is 21.9. The van der Waals surface area contributed by atoms with Crippen LogP contribution in [0.25, 0.3) is 0 Å². The van der Waals surface area contributed by atoms with Crippen molar-refractivity contribution < 1.29 is 28.7 Å². The van der Waals surface area contributed by atoms with Crippen molar-refractivity contribution in [2.24, 2.45) is 23.7 Å². The van der Waals surface area contributed by atoms with Crippen molar-refractivity contribution in [3.8, 4) is 11.5 Å². The molecule has 0 unspecified atom stereocenters. The Morgan fingerprint density at radius 3 is 2.00 bits per heavy atom. The Hall–Kier alpha value is -4.46. The van der Waals surface area contributed by atoms with Crippen molar-refractivity contribution in [3.05, 3.63) is 90.5 Å². The summed E-state index contributed by atoms with van der Waals surface area (Å²) < 4.78 is 11.2. The molecule has 2 bridgehead atoms. The summed E-state index contributed by atoms with van der Waals surface area (Å²) in [5.41, 5.74) is 1.31. The fourth-order valence-corrected chi connectivity index (χ4v) is 6.52. The Bertz CT molecular complexity index is 1380. The van der Waals surface area contributed by atoms with Crippen LogP contribution in [0, 0.1) is 23.7 Å². The molecule has 2 saturated carbocycles. The van der Waals surface area contributed by atoms with Crippen LogP contribution in [0.1, 0.15) is 24.8 Å². The minimum Gasteiger partial charge on any atom is -0.457 e. The molecule has 3 fully saturated rings. The first kappa shape index (κ1) is 25.8. The number of carbonyl (C=O) groups is 4. The van der Waals surface area contributed by atoms with E-state index in [2.05, 4.69) is 5.32 Å². The van der Waals surface area contributed by atoms with Crippen molar-refractivity contribution in [1.29, 1.82) is 0 Å². The summed E-state index contributed by atoms with van der Waals surface area (Å²) in [5, 5.41) is 2.70. The van der Waals surface area contributed by atoms with Crippen molar-refractivity contribution in [3.63, 3.8) is 0 Å². The van der Waals surface area contributed by atoms with Crippen LogP contribution in [0.5, 0.6) is 11.5 Å². The first-order valence-corrected chi connectivity index (χ1v) is 13.7. The number of anilines is 1. The fourth-order valence-electron chi connectivity index (χ4n) is 6.52. The number of nitrogens with zero attached hydrogens (tertiary/aromatic N) is 1. The average Bonchev–Trinajstić information content (AvgIpc) is 3.66. The van der Waals surface area contributed by atoms with Gasteiger partial charge in [0, 0.05) is 12.1 Å². The standard InChI is InChI=1S/C32H30N2O6/c35-27(33-23-13-15-25(16-14-23)40-24-9-5-2-6-10-24)19-39-32(38)26(17-20-7-3-1-4-8-20)34-30(36)28-21-11-12-22(18-21)29(28)31(34)37/h1-10,13-16,21-22,26,28-29H,11-12,17-19H2,(H,33,35)/t21-,22-,26+,28-,29+/m0/s1. The van der Waals surface area contributed by atoms with E-state index in [1.807, 2.05) is 60.7 Å². The number of amides is 3. The van der Waals surface area contributed by atoms with E-state index in [0.717, 1.165) is 29.7 Å². The number of nitrogens with one attached hydrogen (secondary N) is 1. The molecule has 1 heterocycles. The summed E-state index contributed by atoms with van der Waals surface area (Å²) in [6.45, 7) is -0.541. The summed E-state index contributed by atoms with van der Waals surface area (Å²) in [6.07, 6.45) is 2.95. The Balaban J connectivity index is 1.10. The number of carbonyl (C=O) groups excluding carboxylic acids is 4. The van der Waals surface area contributed by atoms with Crippen LogP contribution < -0.4 is 10.1 Å². The summed E-state index contributed by atoms with van der Waals surface area (Å²) in [7, 11) is 0. The van der Waals surface area contributed by atoms with Gasteiger partial charge in [0.2, 0.25) is 11.8 Å². The van der Waals surface area contributed by atoms with E-state index in [0.29, 0.717) is 17.2 Å². The number of hydrogen-bond donors (Lipinski definition) is 1. The lowest BCUT2D eigenvalue weighted by Gasteiger charge is -2.26. The molecular formula is C32H30N2O6. The number of rotatable bonds is 9. The van der Waals surface area contributed by atoms with E-state index in [9.17, 15) is 19.2 Å². The van der Waals surface area contributed by atoms with Gasteiger partial charge in [-0.1, -0.05) is 48.5 Å². The van der Waals surface area contributed by atoms with Gasteiger partial charge in [-0.05, 0) is 73.1 Å². The van der Waals surface area contributed by atoms with Crippen LogP contribution in [0.4, 0.5) is 5.69 Å². The molecule has 8 nitrogen and oxygen atoms in total. The van der Waals surface area contributed by atoms with E-state index in [1.165, 1.54) is 0 Å². The molecule has 5 atom stereocenters. The lowest BCUT2D eigenvalue weighted by atomic mass is 9.81. The molecule has 3 aromatic carbocycles. The van der Waals surface area contributed by atoms with Gasteiger partial charge >= 0.3 is 5.97 Å². The second kappa shape index (κ2) is 11.0. The normalized spacial score (nSPS) is 23.6. The Morgan fingerprint density at radius 1 is 0.800 bits per heavy atom. The minimum atomic E-state index is -1.12. The molecule has 6 rings (SSSR count). The lowest BCUT2D eigenvalue weighted by Crippen LogP contribution is -2.48. The molecule has 0 radical (unpaired) electrons. The molecule has 2 aliphatic carbocycles. The molecule has 40 heavy (non-hydrogen) atoms. The number of benzene rings is 3. The summed E-state index contributed by atoms with van der Waals surface area (Å²) in [4.78, 5) is 54.0. The Labute approximate surface area is 232 Å². The maximum atomic E-state index is 13.5. The van der Waals surface area contributed by atoms with Crippen molar-refractivity contribution in [1.82, 2.24) is 4.90 Å². The number of esters is 1. The molecule has 3 aliphatic rings. The van der Waals surface area contributed by atoms with Gasteiger partial charge in [0.1, 0.15) is 17.5 Å². The molecule has 0 spiro atoms. The highest BCUT2D eigenvalue weighted by Crippen LogP contribution is 2.56. The predicted molar refractivity (Wildman–Crippen MR) is 146 cm³/mol. The largest absolute Gasteiger partial charge is 0.457 e. The number of imide groups is 1. The van der Waals surface area contributed by atoms with E-state index >= 15 is 0 Å². The van der Waals surface area contributed by atoms with Crippen LogP contribution in [0.3, 0.4) is 0 Å². The third-order valence-corrected chi connectivity index (χ3v) is 8.28. The second-order valence-corrected chi connectivity index (χ2v) is 10.7. The molecule has 1 saturated heterocycles. The van der Waals surface area contributed by atoms with Gasteiger partial charge in [-0.25, -0.2) is 4.79 Å². The monoisotopic (exact) mass is 538 g/mol. The highest BCUT2D eigenvalue weighted by atomic mass is 16.5. The minimum absolute atomic E-state index is 0.135. The third-order valence-electron chi connectivity index (χ3n) is 8.28. The first-order valence-electron chi connectivity index (χ1n) is 13.7. The molecule has 1 N–H and O–H groups in total. The quantitative estimate of drug-likeness (QED) is 0.316.